The number of nitrogens with one attached hydrogen (secondary N) is 1. The number of halogens is 1. The van der Waals surface area contributed by atoms with Gasteiger partial charge in [-0.2, -0.15) is 5.10 Å². The molecule has 1 aromatic heterocycles. The van der Waals surface area contributed by atoms with E-state index in [1.54, 1.807) is 13.3 Å². The highest BCUT2D eigenvalue weighted by molar-refractivity contribution is 6.30. The maximum Gasteiger partial charge on any atom is 0.161 e. The Morgan fingerprint density at radius 2 is 2.19 bits per heavy atom. The van der Waals surface area contributed by atoms with Crippen LogP contribution >= 0.6 is 11.6 Å². The lowest BCUT2D eigenvalue weighted by Gasteiger charge is -2.20. The monoisotopic (exact) mass is 308 g/mol. The van der Waals surface area contributed by atoms with Crippen LogP contribution in [0.25, 0.3) is 0 Å². The number of methoxy groups -OCH3 is 1. The summed E-state index contributed by atoms with van der Waals surface area (Å²) in [5, 5.41) is 5.06. The number of nitrogens with zero attached hydrogens (tertiary/aromatic N) is 2. The molecular formula is C15H21ClN4O. The summed E-state index contributed by atoms with van der Waals surface area (Å²) in [6, 6.07) is 5.64. The van der Waals surface area contributed by atoms with E-state index in [2.05, 4.69) is 23.5 Å². The molecule has 1 aromatic carbocycles. The Bertz CT molecular complexity index is 591. The summed E-state index contributed by atoms with van der Waals surface area (Å²) < 4.78 is 7.34. The van der Waals surface area contributed by atoms with Gasteiger partial charge in [0, 0.05) is 11.6 Å². The lowest BCUT2D eigenvalue weighted by Crippen LogP contribution is -2.31. The first kappa shape index (κ1) is 15.8. The topological polar surface area (TPSA) is 65.1 Å². The van der Waals surface area contributed by atoms with Crippen LogP contribution in [-0.2, 0) is 6.54 Å². The molecule has 1 atom stereocenters. The number of hydrazine groups is 1. The molecule has 1 heterocycles. The Labute approximate surface area is 130 Å². The van der Waals surface area contributed by atoms with Gasteiger partial charge in [0.15, 0.2) is 5.75 Å². The summed E-state index contributed by atoms with van der Waals surface area (Å²) in [6.07, 6.45) is 2.69. The minimum atomic E-state index is -0.230. The van der Waals surface area contributed by atoms with Gasteiger partial charge < -0.3 is 4.74 Å². The first-order valence-corrected chi connectivity index (χ1v) is 7.31. The fraction of sp³-hybridized carbons (Fsp3) is 0.400. The highest BCUT2D eigenvalue weighted by atomic mass is 35.5. The Kier molecular flexibility index (Phi) is 5.22. The quantitative estimate of drug-likeness (QED) is 0.636. The average Bonchev–Trinajstić information content (AvgIpc) is 2.82. The van der Waals surface area contributed by atoms with Crippen LogP contribution in [0.4, 0.5) is 0 Å². The molecule has 0 saturated carbocycles. The van der Waals surface area contributed by atoms with E-state index in [-0.39, 0.29) is 6.04 Å². The highest BCUT2D eigenvalue weighted by Gasteiger charge is 2.23. The van der Waals surface area contributed by atoms with Gasteiger partial charge in [0.25, 0.3) is 0 Å². The van der Waals surface area contributed by atoms with Crippen molar-refractivity contribution >= 4 is 11.6 Å². The van der Waals surface area contributed by atoms with Crippen LogP contribution in [0.15, 0.2) is 24.4 Å². The van der Waals surface area contributed by atoms with Gasteiger partial charge in [-0.25, -0.2) is 5.43 Å². The van der Waals surface area contributed by atoms with Gasteiger partial charge >= 0.3 is 0 Å². The third-order valence-corrected chi connectivity index (χ3v) is 3.56. The zero-order chi connectivity index (χ0) is 15.4. The molecule has 0 spiro atoms. The zero-order valence-electron chi connectivity index (χ0n) is 12.6. The Hall–Kier alpha value is -1.56. The number of hydrogen-bond donors (Lipinski definition) is 2. The largest absolute Gasteiger partial charge is 0.493 e. The molecule has 0 fully saturated rings. The summed E-state index contributed by atoms with van der Waals surface area (Å²) in [5.74, 6) is 6.51. The fourth-order valence-electron chi connectivity index (χ4n) is 2.48. The first-order valence-electron chi connectivity index (χ1n) is 6.93. The van der Waals surface area contributed by atoms with Crippen LogP contribution in [-0.4, -0.2) is 16.9 Å². The summed E-state index contributed by atoms with van der Waals surface area (Å²) in [4.78, 5) is 0. The minimum Gasteiger partial charge on any atom is -0.493 e. The Balaban J connectivity index is 2.52. The van der Waals surface area contributed by atoms with Crippen molar-refractivity contribution in [2.75, 3.05) is 7.11 Å². The van der Waals surface area contributed by atoms with Crippen molar-refractivity contribution < 1.29 is 4.74 Å². The second kappa shape index (κ2) is 6.93. The van der Waals surface area contributed by atoms with Crippen LogP contribution in [0.5, 0.6) is 5.75 Å². The lowest BCUT2D eigenvalue weighted by molar-refractivity contribution is 0.398. The smallest absolute Gasteiger partial charge is 0.161 e. The standard InChI is InChI=1S/C15H21ClN4O/c1-4-5-20-15(13(21-3)9-18-20)14(19-17)11-6-10(2)7-12(16)8-11/h6-9,14,19H,4-5,17H2,1-3H3. The second-order valence-corrected chi connectivity index (χ2v) is 5.42. The molecule has 5 nitrogen and oxygen atoms in total. The Morgan fingerprint density at radius 3 is 2.76 bits per heavy atom. The summed E-state index contributed by atoms with van der Waals surface area (Å²) in [6.45, 7) is 4.91. The van der Waals surface area contributed by atoms with Gasteiger partial charge in [0.05, 0.1) is 19.3 Å². The van der Waals surface area contributed by atoms with Gasteiger partial charge in [0.1, 0.15) is 5.69 Å². The van der Waals surface area contributed by atoms with Crippen molar-refractivity contribution in [3.63, 3.8) is 0 Å². The molecule has 6 heteroatoms. The van der Waals surface area contributed by atoms with Crippen LogP contribution < -0.4 is 16.0 Å². The Morgan fingerprint density at radius 1 is 1.43 bits per heavy atom. The molecule has 2 rings (SSSR count). The van der Waals surface area contributed by atoms with Gasteiger partial charge in [0.2, 0.25) is 0 Å². The number of benzene rings is 1. The van der Waals surface area contributed by atoms with Gasteiger partial charge in [-0.3, -0.25) is 10.5 Å². The molecule has 21 heavy (non-hydrogen) atoms. The molecule has 0 aliphatic carbocycles. The lowest BCUT2D eigenvalue weighted by atomic mass is 10.0. The van der Waals surface area contributed by atoms with E-state index in [1.165, 1.54) is 0 Å². The van der Waals surface area contributed by atoms with Crippen molar-refractivity contribution in [2.45, 2.75) is 32.9 Å². The van der Waals surface area contributed by atoms with Crippen molar-refractivity contribution in [1.29, 1.82) is 0 Å². The van der Waals surface area contributed by atoms with E-state index in [4.69, 9.17) is 22.2 Å². The second-order valence-electron chi connectivity index (χ2n) is 4.98. The maximum absolute atomic E-state index is 6.16. The van der Waals surface area contributed by atoms with Gasteiger partial charge in [-0.05, 0) is 36.6 Å². The molecule has 114 valence electrons. The van der Waals surface area contributed by atoms with E-state index in [9.17, 15) is 0 Å². The SMILES string of the molecule is CCCn1ncc(OC)c1C(NN)c1cc(C)cc(Cl)c1. The normalized spacial score (nSPS) is 12.4. The van der Waals surface area contributed by atoms with Crippen LogP contribution in [0.1, 0.15) is 36.2 Å². The number of hydrogen-bond acceptors (Lipinski definition) is 4. The van der Waals surface area contributed by atoms with Crippen molar-refractivity contribution in [3.8, 4) is 5.75 Å². The summed E-state index contributed by atoms with van der Waals surface area (Å²) in [7, 11) is 1.63. The molecule has 0 aliphatic rings. The molecule has 0 amide bonds. The molecular weight excluding hydrogens is 288 g/mol. The molecule has 0 aliphatic heterocycles. The molecule has 3 N–H and O–H groups in total. The minimum absolute atomic E-state index is 0.230. The van der Waals surface area contributed by atoms with E-state index in [1.807, 2.05) is 23.7 Å². The molecule has 0 bridgehead atoms. The third-order valence-electron chi connectivity index (χ3n) is 3.34. The third kappa shape index (κ3) is 3.37. The number of aromatic nitrogens is 2. The maximum atomic E-state index is 6.16. The summed E-state index contributed by atoms with van der Waals surface area (Å²) in [5.41, 5.74) is 5.82. The first-order chi connectivity index (χ1) is 10.1. The van der Waals surface area contributed by atoms with E-state index >= 15 is 0 Å². The average molecular weight is 309 g/mol. The number of nitrogens with two attached hydrogens (primary N) is 1. The number of rotatable bonds is 6. The van der Waals surface area contributed by atoms with Crippen LogP contribution in [0.2, 0.25) is 5.02 Å². The van der Waals surface area contributed by atoms with Crippen molar-refractivity contribution in [2.24, 2.45) is 5.84 Å². The zero-order valence-corrected chi connectivity index (χ0v) is 13.3. The number of aryl methyl sites for hydroxylation is 2. The van der Waals surface area contributed by atoms with Crippen molar-refractivity contribution in [3.05, 3.63) is 46.2 Å². The van der Waals surface area contributed by atoms with Crippen molar-refractivity contribution in [1.82, 2.24) is 15.2 Å². The number of ether oxygens (including phenoxy) is 1. The van der Waals surface area contributed by atoms with E-state index < -0.39 is 0 Å². The van der Waals surface area contributed by atoms with Crippen LogP contribution in [0, 0.1) is 6.92 Å². The van der Waals surface area contributed by atoms with Gasteiger partial charge in [-0.1, -0.05) is 24.6 Å². The molecule has 1 unspecified atom stereocenters. The van der Waals surface area contributed by atoms with E-state index in [0.29, 0.717) is 10.8 Å². The molecule has 0 saturated heterocycles. The molecule has 0 radical (unpaired) electrons. The predicted molar refractivity (Wildman–Crippen MR) is 84.4 cm³/mol. The highest BCUT2D eigenvalue weighted by Crippen LogP contribution is 2.31. The van der Waals surface area contributed by atoms with Gasteiger partial charge in [-0.15, -0.1) is 0 Å². The summed E-state index contributed by atoms with van der Waals surface area (Å²) >= 11 is 6.16. The predicted octanol–water partition coefficient (Wildman–Crippen LogP) is 2.82. The fourth-order valence-corrected chi connectivity index (χ4v) is 2.78. The molecule has 2 aromatic rings. The van der Waals surface area contributed by atoms with Crippen LogP contribution in [0.3, 0.4) is 0 Å². The van der Waals surface area contributed by atoms with E-state index in [0.717, 1.165) is 29.8 Å².